The summed E-state index contributed by atoms with van der Waals surface area (Å²) < 4.78 is 4.73. The molecule has 0 saturated heterocycles. The summed E-state index contributed by atoms with van der Waals surface area (Å²) in [5.74, 6) is -0.363. The highest BCUT2D eigenvalue weighted by molar-refractivity contribution is 9.09. The number of ketones is 1. The van der Waals surface area contributed by atoms with Crippen LogP contribution in [0.3, 0.4) is 0 Å². The van der Waals surface area contributed by atoms with Gasteiger partial charge in [0.2, 0.25) is 0 Å². The van der Waals surface area contributed by atoms with Crippen LogP contribution in [0.2, 0.25) is 0 Å². The van der Waals surface area contributed by atoms with Crippen molar-refractivity contribution in [1.29, 1.82) is 0 Å². The summed E-state index contributed by atoms with van der Waals surface area (Å²) in [5, 5.41) is 0.735. The Bertz CT molecular complexity index is 286. The SMILES string of the molecule is COC(=O)C1(C/C=C\CBr)CCCC1=O. The monoisotopic (exact) mass is 274 g/mol. The summed E-state index contributed by atoms with van der Waals surface area (Å²) in [4.78, 5) is 23.4. The Kier molecular flexibility index (Phi) is 4.51. The van der Waals surface area contributed by atoms with Crippen molar-refractivity contribution in [1.82, 2.24) is 0 Å². The number of methoxy groups -OCH3 is 1. The van der Waals surface area contributed by atoms with E-state index < -0.39 is 5.41 Å². The van der Waals surface area contributed by atoms with E-state index in [0.717, 1.165) is 11.8 Å². The van der Waals surface area contributed by atoms with Gasteiger partial charge < -0.3 is 4.74 Å². The fourth-order valence-electron chi connectivity index (χ4n) is 1.99. The topological polar surface area (TPSA) is 43.4 Å². The minimum atomic E-state index is -0.895. The number of halogens is 1. The molecule has 0 amide bonds. The molecule has 0 spiro atoms. The van der Waals surface area contributed by atoms with E-state index in [9.17, 15) is 9.59 Å². The second-order valence-electron chi connectivity index (χ2n) is 3.68. The Hall–Kier alpha value is -0.640. The Labute approximate surface area is 98.0 Å². The lowest BCUT2D eigenvalue weighted by Gasteiger charge is -2.22. The molecule has 0 N–H and O–H groups in total. The van der Waals surface area contributed by atoms with Gasteiger partial charge in [-0.1, -0.05) is 28.1 Å². The van der Waals surface area contributed by atoms with Gasteiger partial charge >= 0.3 is 5.97 Å². The van der Waals surface area contributed by atoms with Crippen LogP contribution in [0.1, 0.15) is 25.7 Å². The third-order valence-corrected chi connectivity index (χ3v) is 3.21. The summed E-state index contributed by atoms with van der Waals surface area (Å²) in [7, 11) is 1.34. The quantitative estimate of drug-likeness (QED) is 0.342. The molecular weight excluding hydrogens is 260 g/mol. The molecule has 0 aromatic heterocycles. The summed E-state index contributed by atoms with van der Waals surface area (Å²) >= 11 is 3.26. The van der Waals surface area contributed by atoms with E-state index in [4.69, 9.17) is 4.74 Å². The number of ether oxygens (including phenoxy) is 1. The van der Waals surface area contributed by atoms with Gasteiger partial charge in [-0.2, -0.15) is 0 Å². The molecule has 1 fully saturated rings. The Morgan fingerprint density at radius 2 is 2.33 bits per heavy atom. The van der Waals surface area contributed by atoms with E-state index in [0.29, 0.717) is 19.3 Å². The predicted octanol–water partition coefficient (Wildman–Crippen LogP) is 2.24. The van der Waals surface area contributed by atoms with Crippen molar-refractivity contribution in [2.45, 2.75) is 25.7 Å². The second-order valence-corrected chi connectivity index (χ2v) is 4.33. The van der Waals surface area contributed by atoms with Gasteiger partial charge in [-0.05, 0) is 19.3 Å². The number of hydrogen-bond acceptors (Lipinski definition) is 3. The van der Waals surface area contributed by atoms with Crippen LogP contribution in [0.15, 0.2) is 12.2 Å². The van der Waals surface area contributed by atoms with Gasteiger partial charge in [0.25, 0.3) is 0 Å². The molecule has 84 valence electrons. The van der Waals surface area contributed by atoms with Crippen molar-refractivity contribution in [2.75, 3.05) is 12.4 Å². The number of alkyl halides is 1. The zero-order chi connectivity index (χ0) is 11.3. The molecular formula is C11H15BrO3. The van der Waals surface area contributed by atoms with E-state index in [1.165, 1.54) is 7.11 Å². The molecule has 0 heterocycles. The van der Waals surface area contributed by atoms with Gasteiger partial charge in [0.15, 0.2) is 5.78 Å². The van der Waals surface area contributed by atoms with Crippen LogP contribution in [0.4, 0.5) is 0 Å². The predicted molar refractivity (Wildman–Crippen MR) is 60.9 cm³/mol. The van der Waals surface area contributed by atoms with Crippen LogP contribution in [-0.4, -0.2) is 24.2 Å². The van der Waals surface area contributed by atoms with Gasteiger partial charge in [0, 0.05) is 11.8 Å². The van der Waals surface area contributed by atoms with Gasteiger partial charge in [0.05, 0.1) is 7.11 Å². The third kappa shape index (κ3) is 2.48. The minimum absolute atomic E-state index is 0.0218. The third-order valence-electron chi connectivity index (χ3n) is 2.84. The maximum atomic E-state index is 11.7. The molecule has 0 radical (unpaired) electrons. The summed E-state index contributed by atoms with van der Waals surface area (Å²) in [6, 6.07) is 0. The number of hydrogen-bond donors (Lipinski definition) is 0. The Morgan fingerprint density at radius 1 is 1.60 bits per heavy atom. The first-order chi connectivity index (χ1) is 7.17. The average Bonchev–Trinajstić information content (AvgIpc) is 2.61. The molecule has 1 saturated carbocycles. The first kappa shape index (κ1) is 12.4. The van der Waals surface area contributed by atoms with Gasteiger partial charge in [-0.15, -0.1) is 0 Å². The van der Waals surface area contributed by atoms with Crippen LogP contribution >= 0.6 is 15.9 Å². The smallest absolute Gasteiger partial charge is 0.319 e. The first-order valence-electron chi connectivity index (χ1n) is 5.00. The second kappa shape index (κ2) is 5.45. The van der Waals surface area contributed by atoms with Crippen molar-refractivity contribution >= 4 is 27.7 Å². The number of Topliss-reactive ketones (excluding diaryl/α,β-unsaturated/α-hetero) is 1. The molecule has 3 nitrogen and oxygen atoms in total. The molecule has 1 atom stereocenters. The van der Waals surface area contributed by atoms with E-state index in [2.05, 4.69) is 15.9 Å². The fourth-order valence-corrected chi connectivity index (χ4v) is 2.25. The molecule has 0 aliphatic heterocycles. The first-order valence-corrected chi connectivity index (χ1v) is 6.12. The average molecular weight is 275 g/mol. The van der Waals surface area contributed by atoms with Crippen LogP contribution in [0.5, 0.6) is 0 Å². The normalized spacial score (nSPS) is 26.1. The minimum Gasteiger partial charge on any atom is -0.468 e. The van der Waals surface area contributed by atoms with Gasteiger partial charge in [-0.3, -0.25) is 9.59 Å². The summed E-state index contributed by atoms with van der Waals surface area (Å²) in [6.45, 7) is 0. The highest BCUT2D eigenvalue weighted by Crippen LogP contribution is 2.39. The molecule has 4 heteroatoms. The zero-order valence-corrected chi connectivity index (χ0v) is 10.4. The lowest BCUT2D eigenvalue weighted by molar-refractivity contribution is -0.156. The number of allylic oxidation sites excluding steroid dienone is 2. The molecule has 0 aromatic rings. The van der Waals surface area contributed by atoms with Gasteiger partial charge in [-0.25, -0.2) is 0 Å². The number of esters is 1. The maximum absolute atomic E-state index is 11.7. The summed E-state index contributed by atoms with van der Waals surface area (Å²) in [5.41, 5.74) is -0.895. The van der Waals surface area contributed by atoms with Crippen molar-refractivity contribution in [3.05, 3.63) is 12.2 Å². The molecule has 1 unspecified atom stereocenters. The molecule has 0 bridgehead atoms. The van der Waals surface area contributed by atoms with E-state index in [1.807, 2.05) is 12.2 Å². The van der Waals surface area contributed by atoms with Gasteiger partial charge in [0.1, 0.15) is 5.41 Å². The zero-order valence-electron chi connectivity index (χ0n) is 8.79. The van der Waals surface area contributed by atoms with Crippen molar-refractivity contribution < 1.29 is 14.3 Å². The molecule has 15 heavy (non-hydrogen) atoms. The Balaban J connectivity index is 2.81. The molecule has 1 aliphatic rings. The number of carbonyl (C=O) groups is 2. The lowest BCUT2D eigenvalue weighted by Crippen LogP contribution is -2.35. The maximum Gasteiger partial charge on any atom is 0.319 e. The van der Waals surface area contributed by atoms with E-state index in [-0.39, 0.29) is 11.8 Å². The van der Waals surface area contributed by atoms with Crippen LogP contribution < -0.4 is 0 Å². The fraction of sp³-hybridized carbons (Fsp3) is 0.636. The Morgan fingerprint density at radius 3 is 2.80 bits per heavy atom. The highest BCUT2D eigenvalue weighted by atomic mass is 79.9. The molecule has 1 aliphatic carbocycles. The lowest BCUT2D eigenvalue weighted by atomic mass is 9.81. The van der Waals surface area contributed by atoms with Crippen LogP contribution in [-0.2, 0) is 14.3 Å². The standard InChI is InChI=1S/C11H15BrO3/c1-15-10(14)11(6-2-3-8-12)7-4-5-9(11)13/h2-3H,4-8H2,1H3/b3-2-. The van der Waals surface area contributed by atoms with E-state index in [1.54, 1.807) is 0 Å². The number of carbonyl (C=O) groups excluding carboxylic acids is 2. The highest BCUT2D eigenvalue weighted by Gasteiger charge is 2.48. The molecule has 1 rings (SSSR count). The number of rotatable bonds is 4. The van der Waals surface area contributed by atoms with Crippen molar-refractivity contribution in [2.24, 2.45) is 5.41 Å². The van der Waals surface area contributed by atoms with Crippen LogP contribution in [0.25, 0.3) is 0 Å². The molecule has 0 aromatic carbocycles. The largest absolute Gasteiger partial charge is 0.468 e. The summed E-state index contributed by atoms with van der Waals surface area (Å²) in [6.07, 6.45) is 6.13. The van der Waals surface area contributed by atoms with Crippen LogP contribution in [0, 0.1) is 5.41 Å². The van der Waals surface area contributed by atoms with Crippen molar-refractivity contribution in [3.8, 4) is 0 Å². The van der Waals surface area contributed by atoms with Crippen molar-refractivity contribution in [3.63, 3.8) is 0 Å². The van der Waals surface area contributed by atoms with E-state index >= 15 is 0 Å².